The summed E-state index contributed by atoms with van der Waals surface area (Å²) in [7, 11) is 0. The highest BCUT2D eigenvalue weighted by molar-refractivity contribution is 6.11. The number of rotatable bonds is 6. The molecule has 1 aliphatic carbocycles. The van der Waals surface area contributed by atoms with Crippen molar-refractivity contribution in [2.45, 2.75) is 18.9 Å². The van der Waals surface area contributed by atoms with Crippen LogP contribution < -0.4 is 15.4 Å². The van der Waals surface area contributed by atoms with Crippen molar-refractivity contribution in [3.63, 3.8) is 0 Å². The first kappa shape index (κ1) is 19.1. The van der Waals surface area contributed by atoms with Gasteiger partial charge in [0.05, 0.1) is 16.8 Å². The maximum absolute atomic E-state index is 13.2. The maximum Gasteiger partial charge on any atom is 0.259 e. The predicted octanol–water partition coefficient (Wildman–Crippen LogP) is 4.30. The first-order chi connectivity index (χ1) is 15.2. The Hall–Kier alpha value is -3.93. The summed E-state index contributed by atoms with van der Waals surface area (Å²) in [6.07, 6.45) is 3.71. The van der Waals surface area contributed by atoms with Gasteiger partial charge in [-0.1, -0.05) is 42.5 Å². The number of pyridine rings is 1. The van der Waals surface area contributed by atoms with Crippen molar-refractivity contribution in [3.05, 3.63) is 78.5 Å². The van der Waals surface area contributed by atoms with Crippen LogP contribution in [0.3, 0.4) is 0 Å². The van der Waals surface area contributed by atoms with Gasteiger partial charge in [0.25, 0.3) is 11.8 Å². The molecule has 1 aliphatic rings. The Balaban J connectivity index is 1.46. The van der Waals surface area contributed by atoms with Gasteiger partial charge >= 0.3 is 0 Å². The molecule has 1 fully saturated rings. The third-order valence-electron chi connectivity index (χ3n) is 5.27. The van der Waals surface area contributed by atoms with Crippen LogP contribution in [-0.2, 0) is 4.79 Å². The summed E-state index contributed by atoms with van der Waals surface area (Å²) in [5, 5.41) is 8.64. The van der Waals surface area contributed by atoms with Crippen molar-refractivity contribution in [3.8, 4) is 5.75 Å². The number of hydrogen-bond acceptors (Lipinski definition) is 4. The van der Waals surface area contributed by atoms with Crippen LogP contribution >= 0.6 is 0 Å². The number of anilines is 1. The number of ether oxygens (including phenoxy) is 1. The van der Waals surface area contributed by atoms with Gasteiger partial charge in [-0.25, -0.2) is 0 Å². The third kappa shape index (κ3) is 4.19. The monoisotopic (exact) mass is 411 g/mol. The predicted molar refractivity (Wildman–Crippen MR) is 120 cm³/mol. The summed E-state index contributed by atoms with van der Waals surface area (Å²) in [4.78, 5) is 29.7. The zero-order valence-corrected chi connectivity index (χ0v) is 16.8. The molecular formula is C25H21N3O3. The highest BCUT2D eigenvalue weighted by Gasteiger charge is 2.24. The Kier molecular flexibility index (Phi) is 4.96. The zero-order valence-electron chi connectivity index (χ0n) is 16.8. The number of nitrogens with zero attached hydrogens (tertiary/aromatic N) is 1. The molecule has 5 rings (SSSR count). The largest absolute Gasteiger partial charge is 0.483 e. The van der Waals surface area contributed by atoms with Crippen LogP contribution in [0.5, 0.6) is 5.75 Å². The normalized spacial score (nSPS) is 13.2. The lowest BCUT2D eigenvalue weighted by Gasteiger charge is -2.14. The first-order valence-corrected chi connectivity index (χ1v) is 10.3. The quantitative estimate of drug-likeness (QED) is 0.496. The highest BCUT2D eigenvalue weighted by atomic mass is 16.5. The molecule has 0 radical (unpaired) electrons. The number of carbonyl (C=O) groups is 2. The minimum atomic E-state index is -0.318. The molecule has 0 spiro atoms. The van der Waals surface area contributed by atoms with E-state index in [-0.39, 0.29) is 24.5 Å². The Bertz CT molecular complexity index is 1290. The lowest BCUT2D eigenvalue weighted by molar-refractivity contribution is -0.123. The molecule has 2 N–H and O–H groups in total. The van der Waals surface area contributed by atoms with Crippen molar-refractivity contribution in [2.75, 3.05) is 11.9 Å². The minimum Gasteiger partial charge on any atom is -0.483 e. The Labute approximate surface area is 179 Å². The van der Waals surface area contributed by atoms with Crippen LogP contribution in [-0.4, -0.2) is 29.4 Å². The second kappa shape index (κ2) is 8.07. The summed E-state index contributed by atoms with van der Waals surface area (Å²) >= 11 is 0. The van der Waals surface area contributed by atoms with E-state index >= 15 is 0 Å². The van der Waals surface area contributed by atoms with E-state index in [1.165, 1.54) is 0 Å². The number of amides is 2. The second-order valence-corrected chi connectivity index (χ2v) is 7.66. The van der Waals surface area contributed by atoms with Crippen LogP contribution in [0.15, 0.2) is 72.9 Å². The third-order valence-corrected chi connectivity index (χ3v) is 5.27. The first-order valence-electron chi connectivity index (χ1n) is 10.3. The average Bonchev–Trinajstić information content (AvgIpc) is 3.61. The van der Waals surface area contributed by atoms with Gasteiger partial charge in [0.2, 0.25) is 0 Å². The zero-order chi connectivity index (χ0) is 21.2. The van der Waals surface area contributed by atoms with Gasteiger partial charge in [0, 0.05) is 17.6 Å². The van der Waals surface area contributed by atoms with Crippen LogP contribution in [0.2, 0.25) is 0 Å². The maximum atomic E-state index is 13.2. The van der Waals surface area contributed by atoms with Crippen molar-refractivity contribution in [1.82, 2.24) is 10.3 Å². The SMILES string of the molecule is O=C(COc1cc2ccccc2cc1C(=O)Nc1cccc2cccnc12)NC1CC1. The van der Waals surface area contributed by atoms with E-state index in [0.717, 1.165) is 29.0 Å². The number of benzene rings is 3. The number of carbonyl (C=O) groups excluding carboxylic acids is 2. The molecule has 154 valence electrons. The molecular weight excluding hydrogens is 390 g/mol. The Morgan fingerprint density at radius 1 is 0.935 bits per heavy atom. The molecule has 0 aliphatic heterocycles. The van der Waals surface area contributed by atoms with Crippen LogP contribution in [0.4, 0.5) is 5.69 Å². The van der Waals surface area contributed by atoms with Gasteiger partial charge < -0.3 is 15.4 Å². The number of nitrogens with one attached hydrogen (secondary N) is 2. The number of aromatic nitrogens is 1. The lowest BCUT2D eigenvalue weighted by Crippen LogP contribution is -2.30. The fraction of sp³-hybridized carbons (Fsp3) is 0.160. The van der Waals surface area contributed by atoms with Gasteiger partial charge in [-0.15, -0.1) is 0 Å². The van der Waals surface area contributed by atoms with Gasteiger partial charge in [-0.05, 0) is 47.9 Å². The highest BCUT2D eigenvalue weighted by Crippen LogP contribution is 2.28. The molecule has 2 amide bonds. The average molecular weight is 411 g/mol. The molecule has 1 saturated carbocycles. The Morgan fingerprint density at radius 3 is 2.48 bits per heavy atom. The number of hydrogen-bond donors (Lipinski definition) is 2. The van der Waals surface area contributed by atoms with Crippen molar-refractivity contribution < 1.29 is 14.3 Å². The topological polar surface area (TPSA) is 80.3 Å². The van der Waals surface area contributed by atoms with Gasteiger partial charge in [-0.2, -0.15) is 0 Å². The summed E-state index contributed by atoms with van der Waals surface area (Å²) in [5.41, 5.74) is 1.70. The van der Waals surface area contributed by atoms with E-state index < -0.39 is 0 Å². The van der Waals surface area contributed by atoms with Crippen LogP contribution in [0.1, 0.15) is 23.2 Å². The van der Waals surface area contributed by atoms with E-state index in [1.807, 2.05) is 54.6 Å². The van der Waals surface area contributed by atoms with Crippen LogP contribution in [0.25, 0.3) is 21.7 Å². The molecule has 1 aromatic heterocycles. The molecule has 31 heavy (non-hydrogen) atoms. The van der Waals surface area contributed by atoms with Gasteiger partial charge in [0.15, 0.2) is 6.61 Å². The molecule has 4 aromatic rings. The van der Waals surface area contributed by atoms with E-state index in [1.54, 1.807) is 18.3 Å². The fourth-order valence-electron chi connectivity index (χ4n) is 3.55. The summed E-state index contributed by atoms with van der Waals surface area (Å²) in [6, 6.07) is 21.0. The summed E-state index contributed by atoms with van der Waals surface area (Å²) < 4.78 is 5.79. The fourth-order valence-corrected chi connectivity index (χ4v) is 3.55. The van der Waals surface area contributed by atoms with E-state index in [2.05, 4.69) is 15.6 Å². The number of fused-ring (bicyclic) bond motifs is 2. The molecule has 0 unspecified atom stereocenters. The van der Waals surface area contributed by atoms with E-state index in [9.17, 15) is 9.59 Å². The molecule has 0 atom stereocenters. The molecule has 3 aromatic carbocycles. The molecule has 6 nitrogen and oxygen atoms in total. The van der Waals surface area contributed by atoms with E-state index in [4.69, 9.17) is 4.74 Å². The van der Waals surface area contributed by atoms with Gasteiger partial charge in [0.1, 0.15) is 5.75 Å². The second-order valence-electron chi connectivity index (χ2n) is 7.66. The van der Waals surface area contributed by atoms with Crippen molar-refractivity contribution in [2.24, 2.45) is 0 Å². The smallest absolute Gasteiger partial charge is 0.259 e. The molecule has 0 bridgehead atoms. The van der Waals surface area contributed by atoms with Crippen molar-refractivity contribution in [1.29, 1.82) is 0 Å². The van der Waals surface area contributed by atoms with Crippen LogP contribution in [0, 0.1) is 0 Å². The standard InChI is InChI=1S/C25H21N3O3/c29-23(27-19-10-11-19)15-31-22-14-18-6-2-1-5-17(18)13-20(22)25(30)28-21-9-3-7-16-8-4-12-26-24(16)21/h1-9,12-14,19H,10-11,15H2,(H,27,29)(H,28,30). The van der Waals surface area contributed by atoms with E-state index in [0.29, 0.717) is 22.5 Å². The summed E-state index contributed by atoms with van der Waals surface area (Å²) in [5.74, 6) is -0.128. The summed E-state index contributed by atoms with van der Waals surface area (Å²) in [6.45, 7) is -0.134. The lowest BCUT2D eigenvalue weighted by atomic mass is 10.0. The van der Waals surface area contributed by atoms with Crippen molar-refractivity contribution >= 4 is 39.2 Å². The van der Waals surface area contributed by atoms with Gasteiger partial charge in [-0.3, -0.25) is 14.6 Å². The molecule has 1 heterocycles. The minimum absolute atomic E-state index is 0.134. The molecule has 0 saturated heterocycles. The molecule has 6 heteroatoms. The number of para-hydroxylation sites is 1. The Morgan fingerprint density at radius 2 is 1.68 bits per heavy atom.